The van der Waals surface area contributed by atoms with Gasteiger partial charge in [0, 0.05) is 14.9 Å². The summed E-state index contributed by atoms with van der Waals surface area (Å²) in [6.07, 6.45) is -1.54. The third-order valence-corrected chi connectivity index (χ3v) is 8.05. The van der Waals surface area contributed by atoms with Gasteiger partial charge in [0.2, 0.25) is 0 Å². The van der Waals surface area contributed by atoms with Crippen LogP contribution in [-0.2, 0) is 23.8 Å². The fraction of sp³-hybridized carbons (Fsp3) is 0.250. The molecule has 0 saturated carbocycles. The molecule has 1 aliphatic carbocycles. The molecule has 1 aromatic carbocycles. The molecule has 1 N–H and O–H groups in total. The van der Waals surface area contributed by atoms with Gasteiger partial charge in [0.1, 0.15) is 10.0 Å². The number of alkyl halides is 3. The minimum Gasteiger partial charge on any atom is -0.465 e. The van der Waals surface area contributed by atoms with Gasteiger partial charge in [0.25, 0.3) is 5.91 Å². The number of aryl methyl sites for hydroxylation is 1. The normalized spacial score (nSPS) is 13.5. The van der Waals surface area contributed by atoms with Crippen molar-refractivity contribution in [1.29, 1.82) is 0 Å². The maximum atomic E-state index is 14.0. The fourth-order valence-electron chi connectivity index (χ4n) is 4.24. The Morgan fingerprint density at radius 1 is 1.19 bits per heavy atom. The number of ether oxygens (including phenoxy) is 1. The summed E-state index contributed by atoms with van der Waals surface area (Å²) in [6, 6.07) is 7.40. The minimum atomic E-state index is -4.81. The molecule has 0 fully saturated rings. The Morgan fingerprint density at radius 3 is 2.57 bits per heavy atom. The summed E-state index contributed by atoms with van der Waals surface area (Å²) in [5, 5.41) is 6.39. The van der Waals surface area contributed by atoms with Gasteiger partial charge in [0.15, 0.2) is 17.0 Å². The van der Waals surface area contributed by atoms with Gasteiger partial charge in [0.05, 0.1) is 18.4 Å². The first-order valence-corrected chi connectivity index (χ1v) is 13.0. The van der Waals surface area contributed by atoms with E-state index in [2.05, 4.69) is 31.3 Å². The summed E-state index contributed by atoms with van der Waals surface area (Å²) in [5.41, 5.74) is -0.403. The van der Waals surface area contributed by atoms with Crippen molar-refractivity contribution in [3.63, 3.8) is 0 Å². The maximum Gasteiger partial charge on any atom is 0.433 e. The van der Waals surface area contributed by atoms with Gasteiger partial charge in [-0.2, -0.15) is 18.3 Å². The van der Waals surface area contributed by atoms with E-state index in [4.69, 9.17) is 16.3 Å². The number of amides is 1. The molecule has 3 heterocycles. The van der Waals surface area contributed by atoms with Crippen LogP contribution in [0.3, 0.4) is 0 Å². The highest BCUT2D eigenvalue weighted by Crippen LogP contribution is 2.39. The number of hydrogen-bond donors (Lipinski definition) is 1. The van der Waals surface area contributed by atoms with E-state index in [0.29, 0.717) is 16.5 Å². The number of nitrogens with one attached hydrogen (secondary N) is 1. The third kappa shape index (κ3) is 4.73. The van der Waals surface area contributed by atoms with Gasteiger partial charge in [-0.05, 0) is 49.4 Å². The quantitative estimate of drug-likeness (QED) is 0.256. The topological polar surface area (TPSA) is 85.6 Å². The number of hydrogen-bond acceptors (Lipinski definition) is 6. The van der Waals surface area contributed by atoms with Gasteiger partial charge in [-0.25, -0.2) is 14.3 Å². The molecule has 1 aliphatic rings. The number of fused-ring (bicyclic) bond motifs is 2. The molecular formula is C24H17BrClF3N4O3S. The summed E-state index contributed by atoms with van der Waals surface area (Å²) < 4.78 is 48.1. The van der Waals surface area contributed by atoms with E-state index >= 15 is 0 Å². The highest BCUT2D eigenvalue weighted by atomic mass is 79.9. The average Bonchev–Trinajstić information content (AvgIpc) is 3.40. The van der Waals surface area contributed by atoms with Crippen molar-refractivity contribution in [3.05, 3.63) is 67.2 Å². The van der Waals surface area contributed by atoms with Gasteiger partial charge >= 0.3 is 12.1 Å². The van der Waals surface area contributed by atoms with Crippen LogP contribution in [0, 0.1) is 0 Å². The number of esters is 1. The molecule has 1 amide bonds. The van der Waals surface area contributed by atoms with Gasteiger partial charge in [-0.1, -0.05) is 39.7 Å². The number of benzene rings is 1. The number of thiophene rings is 1. The van der Waals surface area contributed by atoms with Crippen molar-refractivity contribution in [2.24, 2.45) is 0 Å². The molecule has 0 radical (unpaired) electrons. The Hall–Kier alpha value is -2.96. The minimum absolute atomic E-state index is 0.0139. The Labute approximate surface area is 225 Å². The number of nitrogens with zero attached hydrogens (tertiary/aromatic N) is 3. The second-order valence-electron chi connectivity index (χ2n) is 8.29. The molecule has 0 atom stereocenters. The standard InChI is InChI=1S/C24H17BrClF3N4O3S/c1-36-23(35)17-13-4-2-3-5-15(13)37-22(17)31-21(34)19-18(26)20-30-14(11-6-8-12(25)9-7-11)10-16(24(27,28)29)33(20)32-19/h6-10H,2-5H2,1H3,(H,31,34). The predicted molar refractivity (Wildman–Crippen MR) is 136 cm³/mol. The van der Waals surface area contributed by atoms with E-state index in [1.165, 1.54) is 18.4 Å². The lowest BCUT2D eigenvalue weighted by Crippen LogP contribution is -2.17. The molecule has 0 spiro atoms. The lowest BCUT2D eigenvalue weighted by Gasteiger charge is -2.11. The number of carbonyl (C=O) groups excluding carboxylic acids is 2. The molecule has 3 aromatic heterocycles. The van der Waals surface area contributed by atoms with E-state index in [1.54, 1.807) is 24.3 Å². The van der Waals surface area contributed by atoms with Crippen LogP contribution in [0.5, 0.6) is 0 Å². The van der Waals surface area contributed by atoms with Crippen LogP contribution < -0.4 is 5.32 Å². The number of carbonyl (C=O) groups is 2. The number of methoxy groups -OCH3 is 1. The molecular weight excluding hydrogens is 597 g/mol. The van der Waals surface area contributed by atoms with Crippen molar-refractivity contribution in [1.82, 2.24) is 14.6 Å². The van der Waals surface area contributed by atoms with Crippen molar-refractivity contribution < 1.29 is 27.5 Å². The molecule has 192 valence electrons. The molecule has 0 aliphatic heterocycles. The first-order valence-electron chi connectivity index (χ1n) is 11.0. The second kappa shape index (κ2) is 9.73. The van der Waals surface area contributed by atoms with Gasteiger partial charge in [-0.3, -0.25) is 4.79 Å². The Morgan fingerprint density at radius 2 is 1.89 bits per heavy atom. The van der Waals surface area contributed by atoms with Crippen LogP contribution in [0.1, 0.15) is 49.8 Å². The summed E-state index contributed by atoms with van der Waals surface area (Å²) >= 11 is 10.9. The van der Waals surface area contributed by atoms with Crippen LogP contribution >= 0.6 is 38.9 Å². The number of halogens is 5. The number of aromatic nitrogens is 3. The zero-order valence-electron chi connectivity index (χ0n) is 19.1. The lowest BCUT2D eigenvalue weighted by molar-refractivity contribution is -0.142. The maximum absolute atomic E-state index is 14.0. The molecule has 7 nitrogen and oxygen atoms in total. The lowest BCUT2D eigenvalue weighted by atomic mass is 9.95. The van der Waals surface area contributed by atoms with Crippen LogP contribution in [-0.4, -0.2) is 33.6 Å². The molecule has 0 bridgehead atoms. The summed E-state index contributed by atoms with van der Waals surface area (Å²) in [7, 11) is 1.24. The third-order valence-electron chi connectivity index (χ3n) is 5.97. The van der Waals surface area contributed by atoms with Gasteiger partial charge < -0.3 is 10.1 Å². The zero-order valence-corrected chi connectivity index (χ0v) is 22.2. The van der Waals surface area contributed by atoms with E-state index in [-0.39, 0.29) is 26.9 Å². The molecule has 0 unspecified atom stereocenters. The Bertz CT molecular complexity index is 1550. The van der Waals surface area contributed by atoms with Crippen LogP contribution in [0.4, 0.5) is 18.2 Å². The van der Waals surface area contributed by atoms with Gasteiger partial charge in [-0.15, -0.1) is 11.3 Å². The summed E-state index contributed by atoms with van der Waals surface area (Å²) in [6.45, 7) is 0. The SMILES string of the molecule is COC(=O)c1c(NC(=O)c2nn3c(C(F)(F)F)cc(-c4ccc(Br)cc4)nc3c2Cl)sc2c1CCCC2. The highest BCUT2D eigenvalue weighted by Gasteiger charge is 2.37. The van der Waals surface area contributed by atoms with E-state index in [9.17, 15) is 22.8 Å². The molecule has 37 heavy (non-hydrogen) atoms. The fourth-order valence-corrected chi connectivity index (χ4v) is 6.02. The largest absolute Gasteiger partial charge is 0.465 e. The van der Waals surface area contributed by atoms with Crippen molar-refractivity contribution >= 4 is 61.4 Å². The van der Waals surface area contributed by atoms with E-state index in [0.717, 1.165) is 40.2 Å². The molecule has 4 aromatic rings. The van der Waals surface area contributed by atoms with Crippen LogP contribution in [0.25, 0.3) is 16.9 Å². The highest BCUT2D eigenvalue weighted by molar-refractivity contribution is 9.10. The smallest absolute Gasteiger partial charge is 0.433 e. The Kier molecular flexibility index (Phi) is 6.75. The summed E-state index contributed by atoms with van der Waals surface area (Å²) in [5.74, 6) is -1.46. The molecule has 13 heteroatoms. The number of rotatable bonds is 4. The van der Waals surface area contributed by atoms with Crippen molar-refractivity contribution in [2.45, 2.75) is 31.9 Å². The van der Waals surface area contributed by atoms with E-state index < -0.39 is 29.4 Å². The first kappa shape index (κ1) is 25.7. The molecule has 0 saturated heterocycles. The molecule has 5 rings (SSSR count). The predicted octanol–water partition coefficient (Wildman–Crippen LogP) is 6.81. The van der Waals surface area contributed by atoms with Crippen molar-refractivity contribution in [2.75, 3.05) is 12.4 Å². The first-order chi connectivity index (χ1) is 17.6. The zero-order chi connectivity index (χ0) is 26.5. The van der Waals surface area contributed by atoms with Crippen molar-refractivity contribution in [3.8, 4) is 11.3 Å². The van der Waals surface area contributed by atoms with Crippen LogP contribution in [0.2, 0.25) is 5.02 Å². The van der Waals surface area contributed by atoms with Crippen LogP contribution in [0.15, 0.2) is 34.8 Å². The summed E-state index contributed by atoms with van der Waals surface area (Å²) in [4.78, 5) is 30.9. The average molecular weight is 614 g/mol. The monoisotopic (exact) mass is 612 g/mol. The van der Waals surface area contributed by atoms with E-state index in [1.807, 2.05) is 0 Å². The Balaban J connectivity index is 1.60. The number of anilines is 1. The second-order valence-corrected chi connectivity index (χ2v) is 10.7.